The molecule has 1 saturated heterocycles. The van der Waals surface area contributed by atoms with Crippen molar-refractivity contribution in [3.05, 3.63) is 35.5 Å². The van der Waals surface area contributed by atoms with E-state index in [1.165, 1.54) is 13.2 Å². The van der Waals surface area contributed by atoms with Crippen LogP contribution >= 0.6 is 0 Å². The zero-order valence-corrected chi connectivity index (χ0v) is 18.1. The third-order valence-corrected chi connectivity index (χ3v) is 5.09. The van der Waals surface area contributed by atoms with Gasteiger partial charge in [-0.1, -0.05) is 26.5 Å². The SMILES string of the molecule is C=C1C(=O)OC2/C=C(/CO)CC/C=C(/C(=O)OC)C(OC(C)=O)C(OC(=O)C(C)C)C12. The maximum Gasteiger partial charge on any atom is 0.337 e. The van der Waals surface area contributed by atoms with Crippen LogP contribution in [0, 0.1) is 11.8 Å². The average molecular weight is 436 g/mol. The lowest BCUT2D eigenvalue weighted by molar-refractivity contribution is -0.172. The molecule has 1 N–H and O–H groups in total. The second kappa shape index (κ2) is 10.4. The lowest BCUT2D eigenvalue weighted by Gasteiger charge is -2.33. The number of allylic oxidation sites excluding steroid dienone is 1. The van der Waals surface area contributed by atoms with E-state index in [1.807, 2.05) is 0 Å². The molecule has 0 aromatic rings. The molecule has 2 aliphatic rings. The van der Waals surface area contributed by atoms with Crippen molar-refractivity contribution in [2.24, 2.45) is 11.8 Å². The Morgan fingerprint density at radius 2 is 1.97 bits per heavy atom. The molecule has 1 heterocycles. The molecule has 0 bridgehead atoms. The van der Waals surface area contributed by atoms with Crippen LogP contribution in [0.2, 0.25) is 0 Å². The van der Waals surface area contributed by atoms with Crippen molar-refractivity contribution in [2.45, 2.75) is 51.9 Å². The van der Waals surface area contributed by atoms with Crippen molar-refractivity contribution < 1.29 is 43.2 Å². The number of carbonyl (C=O) groups excluding carboxylic acids is 4. The van der Waals surface area contributed by atoms with Gasteiger partial charge < -0.3 is 24.1 Å². The molecule has 1 fully saturated rings. The number of aliphatic hydroxyl groups excluding tert-OH is 1. The Kier molecular flexibility index (Phi) is 8.15. The Morgan fingerprint density at radius 3 is 2.52 bits per heavy atom. The van der Waals surface area contributed by atoms with Crippen LogP contribution in [0.1, 0.15) is 33.6 Å². The summed E-state index contributed by atoms with van der Waals surface area (Å²) in [5.74, 6) is -4.32. The van der Waals surface area contributed by atoms with Crippen LogP contribution in [0.3, 0.4) is 0 Å². The van der Waals surface area contributed by atoms with Crippen molar-refractivity contribution in [1.82, 2.24) is 0 Å². The highest BCUT2D eigenvalue weighted by atomic mass is 16.6. The van der Waals surface area contributed by atoms with Gasteiger partial charge in [-0.05, 0) is 24.5 Å². The molecular weight excluding hydrogens is 408 g/mol. The minimum atomic E-state index is -1.35. The number of fused-ring (bicyclic) bond motifs is 1. The van der Waals surface area contributed by atoms with E-state index in [0.717, 1.165) is 6.92 Å². The summed E-state index contributed by atoms with van der Waals surface area (Å²) in [6, 6.07) is 0. The van der Waals surface area contributed by atoms with Crippen molar-refractivity contribution in [3.8, 4) is 0 Å². The summed E-state index contributed by atoms with van der Waals surface area (Å²) in [6.07, 6.45) is 0.178. The topological polar surface area (TPSA) is 125 Å². The van der Waals surface area contributed by atoms with Gasteiger partial charge >= 0.3 is 23.9 Å². The number of rotatable bonds is 5. The van der Waals surface area contributed by atoms with Gasteiger partial charge in [-0.2, -0.15) is 0 Å². The molecule has 0 radical (unpaired) electrons. The van der Waals surface area contributed by atoms with Gasteiger partial charge in [0.05, 0.1) is 31.1 Å². The minimum Gasteiger partial charge on any atom is -0.466 e. The number of hydrogen-bond acceptors (Lipinski definition) is 9. The van der Waals surface area contributed by atoms with Gasteiger partial charge in [0, 0.05) is 12.5 Å². The van der Waals surface area contributed by atoms with Crippen LogP contribution < -0.4 is 0 Å². The van der Waals surface area contributed by atoms with Crippen LogP contribution in [-0.4, -0.2) is 61.0 Å². The van der Waals surface area contributed by atoms with Crippen molar-refractivity contribution in [3.63, 3.8) is 0 Å². The number of esters is 4. The summed E-state index contributed by atoms with van der Waals surface area (Å²) < 4.78 is 21.4. The molecule has 0 aromatic carbocycles. The first-order valence-electron chi connectivity index (χ1n) is 9.96. The molecule has 0 amide bonds. The second-order valence-corrected chi connectivity index (χ2v) is 7.68. The molecule has 9 nitrogen and oxygen atoms in total. The monoisotopic (exact) mass is 436 g/mol. The molecule has 4 atom stereocenters. The van der Waals surface area contributed by atoms with Crippen LogP contribution in [0.25, 0.3) is 0 Å². The zero-order valence-electron chi connectivity index (χ0n) is 18.1. The van der Waals surface area contributed by atoms with E-state index < -0.39 is 54.0 Å². The summed E-state index contributed by atoms with van der Waals surface area (Å²) in [6.45, 7) is 7.87. The lowest BCUT2D eigenvalue weighted by Crippen LogP contribution is -2.46. The first kappa shape index (κ1) is 24.3. The highest BCUT2D eigenvalue weighted by Gasteiger charge is 2.50. The second-order valence-electron chi connectivity index (χ2n) is 7.68. The van der Waals surface area contributed by atoms with E-state index in [2.05, 4.69) is 6.58 Å². The van der Waals surface area contributed by atoms with E-state index in [4.69, 9.17) is 18.9 Å². The third kappa shape index (κ3) is 5.61. The maximum absolute atomic E-state index is 12.6. The summed E-state index contributed by atoms with van der Waals surface area (Å²) in [4.78, 5) is 49.3. The normalized spacial score (nSPS) is 29.6. The van der Waals surface area contributed by atoms with Crippen molar-refractivity contribution >= 4 is 23.9 Å². The summed E-state index contributed by atoms with van der Waals surface area (Å²) in [7, 11) is 1.17. The highest BCUT2D eigenvalue weighted by molar-refractivity contribution is 5.92. The minimum absolute atomic E-state index is 0.00189. The van der Waals surface area contributed by atoms with E-state index >= 15 is 0 Å². The quantitative estimate of drug-likeness (QED) is 0.294. The molecule has 2 rings (SSSR count). The first-order valence-corrected chi connectivity index (χ1v) is 9.96. The van der Waals surface area contributed by atoms with Crippen LogP contribution in [0.15, 0.2) is 35.5 Å². The Bertz CT molecular complexity index is 821. The number of hydrogen-bond donors (Lipinski definition) is 1. The van der Waals surface area contributed by atoms with Gasteiger partial charge in [0.15, 0.2) is 12.2 Å². The maximum atomic E-state index is 12.6. The molecule has 4 unspecified atom stereocenters. The van der Waals surface area contributed by atoms with E-state index in [-0.39, 0.29) is 17.8 Å². The van der Waals surface area contributed by atoms with Gasteiger partial charge in [0.2, 0.25) is 0 Å². The number of ether oxygens (including phenoxy) is 4. The van der Waals surface area contributed by atoms with Gasteiger partial charge in [0.1, 0.15) is 6.10 Å². The molecule has 0 spiro atoms. The Balaban J connectivity index is 2.70. The van der Waals surface area contributed by atoms with E-state index in [0.29, 0.717) is 18.4 Å². The summed E-state index contributed by atoms with van der Waals surface area (Å²) in [5, 5.41) is 9.70. The molecular formula is C22H28O9. The Morgan fingerprint density at radius 1 is 1.29 bits per heavy atom. The fourth-order valence-corrected chi connectivity index (χ4v) is 3.50. The van der Waals surface area contributed by atoms with Crippen LogP contribution in [-0.2, 0) is 38.1 Å². The van der Waals surface area contributed by atoms with Gasteiger partial charge in [0.25, 0.3) is 0 Å². The van der Waals surface area contributed by atoms with Crippen molar-refractivity contribution in [2.75, 3.05) is 13.7 Å². The zero-order chi connectivity index (χ0) is 23.3. The fraction of sp³-hybridized carbons (Fsp3) is 0.545. The fourth-order valence-electron chi connectivity index (χ4n) is 3.50. The predicted molar refractivity (Wildman–Crippen MR) is 107 cm³/mol. The Hall–Kier alpha value is -2.94. The molecule has 31 heavy (non-hydrogen) atoms. The van der Waals surface area contributed by atoms with Crippen LogP contribution in [0.4, 0.5) is 0 Å². The average Bonchev–Trinajstić information content (AvgIpc) is 2.99. The predicted octanol–water partition coefficient (Wildman–Crippen LogP) is 1.40. The largest absolute Gasteiger partial charge is 0.466 e. The number of carbonyl (C=O) groups is 4. The Labute approximate surface area is 180 Å². The standard InChI is InChI=1S/C22H28O9/c1-11(2)20(25)31-19-17-12(3)21(26)30-16(17)9-14(10-23)7-6-8-15(22(27)28-5)18(19)29-13(4)24/h8-9,11,16-19,23H,3,6-7,10H2,1-2,4-5H3/b14-9+,15-8+. The van der Waals surface area contributed by atoms with Gasteiger partial charge in [-0.25, -0.2) is 9.59 Å². The molecule has 0 saturated carbocycles. The highest BCUT2D eigenvalue weighted by Crippen LogP contribution is 2.38. The smallest absolute Gasteiger partial charge is 0.337 e. The van der Waals surface area contributed by atoms with Gasteiger partial charge in [-0.3, -0.25) is 9.59 Å². The summed E-state index contributed by atoms with van der Waals surface area (Å²) >= 11 is 0. The third-order valence-electron chi connectivity index (χ3n) is 5.09. The first-order chi connectivity index (χ1) is 14.6. The number of aliphatic hydroxyl groups is 1. The molecule has 1 aliphatic carbocycles. The lowest BCUT2D eigenvalue weighted by atomic mass is 9.83. The molecule has 170 valence electrons. The molecule has 0 aromatic heterocycles. The molecule has 9 heteroatoms. The number of methoxy groups -OCH3 is 1. The van der Waals surface area contributed by atoms with Crippen LogP contribution in [0.5, 0.6) is 0 Å². The van der Waals surface area contributed by atoms with E-state index in [1.54, 1.807) is 19.9 Å². The molecule has 1 aliphatic heterocycles. The van der Waals surface area contributed by atoms with Crippen molar-refractivity contribution in [1.29, 1.82) is 0 Å². The van der Waals surface area contributed by atoms with Gasteiger partial charge in [-0.15, -0.1) is 0 Å². The summed E-state index contributed by atoms with van der Waals surface area (Å²) in [5.41, 5.74) is 0.532. The van der Waals surface area contributed by atoms with E-state index in [9.17, 15) is 24.3 Å².